The van der Waals surface area contributed by atoms with E-state index in [1.807, 2.05) is 6.20 Å². The number of nitrogens with one attached hydrogen (secondary N) is 1. The second-order valence-electron chi connectivity index (χ2n) is 4.41. The summed E-state index contributed by atoms with van der Waals surface area (Å²) < 4.78 is 0. The van der Waals surface area contributed by atoms with E-state index in [0.29, 0.717) is 0 Å². The zero-order valence-electron chi connectivity index (χ0n) is 8.42. The predicted octanol–water partition coefficient (Wildman–Crippen LogP) is 2.53. The quantitative estimate of drug-likeness (QED) is 0.771. The molecule has 0 radical (unpaired) electrons. The minimum Gasteiger partial charge on any atom is -0.382 e. The topological polar surface area (TPSA) is 24.9 Å². The van der Waals surface area contributed by atoms with Crippen molar-refractivity contribution in [3.8, 4) is 0 Å². The van der Waals surface area contributed by atoms with Gasteiger partial charge in [0.1, 0.15) is 0 Å². The van der Waals surface area contributed by atoms with Crippen molar-refractivity contribution in [3.63, 3.8) is 0 Å². The summed E-state index contributed by atoms with van der Waals surface area (Å²) in [5.74, 6) is 0. The first kappa shape index (κ1) is 8.27. The van der Waals surface area contributed by atoms with E-state index in [-0.39, 0.29) is 0 Å². The van der Waals surface area contributed by atoms with Crippen LogP contribution in [0.2, 0.25) is 0 Å². The molecule has 0 spiro atoms. The normalized spacial score (nSPS) is 20.3. The Kier molecular flexibility index (Phi) is 1.93. The Hall–Kier alpha value is -1.05. The summed E-state index contributed by atoms with van der Waals surface area (Å²) in [6, 6.07) is 2.89. The van der Waals surface area contributed by atoms with Gasteiger partial charge in [-0.1, -0.05) is 0 Å². The summed E-state index contributed by atoms with van der Waals surface area (Å²) in [5.41, 5.74) is 4.18. The standard InChI is InChI=1S/C12H16N2/c1-2-4-11-10(3-1)12(7-8-13-11)14-9-5-6-9/h7-9H,1-6H2,(H,13,14). The monoisotopic (exact) mass is 188 g/mol. The first-order valence-corrected chi connectivity index (χ1v) is 5.67. The summed E-state index contributed by atoms with van der Waals surface area (Å²) in [7, 11) is 0. The van der Waals surface area contributed by atoms with Gasteiger partial charge >= 0.3 is 0 Å². The molecule has 74 valence electrons. The van der Waals surface area contributed by atoms with E-state index in [1.54, 1.807) is 0 Å². The fraction of sp³-hybridized carbons (Fsp3) is 0.583. The molecule has 1 fully saturated rings. The van der Waals surface area contributed by atoms with Crippen LogP contribution in [0.4, 0.5) is 5.69 Å². The zero-order valence-corrected chi connectivity index (χ0v) is 8.42. The molecule has 0 unspecified atom stereocenters. The Bertz CT molecular complexity index is 342. The van der Waals surface area contributed by atoms with E-state index in [9.17, 15) is 0 Å². The van der Waals surface area contributed by atoms with E-state index in [0.717, 1.165) is 6.04 Å². The van der Waals surface area contributed by atoms with Crippen LogP contribution in [0.5, 0.6) is 0 Å². The fourth-order valence-corrected chi connectivity index (χ4v) is 2.21. The number of nitrogens with zero attached hydrogens (tertiary/aromatic N) is 1. The molecule has 2 heteroatoms. The number of fused-ring (bicyclic) bond motifs is 1. The maximum absolute atomic E-state index is 4.47. The van der Waals surface area contributed by atoms with Crippen molar-refractivity contribution in [3.05, 3.63) is 23.5 Å². The van der Waals surface area contributed by atoms with E-state index in [4.69, 9.17) is 0 Å². The van der Waals surface area contributed by atoms with Crippen LogP contribution in [0, 0.1) is 0 Å². The van der Waals surface area contributed by atoms with Crippen LogP contribution in [0.15, 0.2) is 12.3 Å². The molecule has 2 aliphatic rings. The van der Waals surface area contributed by atoms with Crippen molar-refractivity contribution in [1.29, 1.82) is 0 Å². The van der Waals surface area contributed by atoms with Crippen molar-refractivity contribution >= 4 is 5.69 Å². The van der Waals surface area contributed by atoms with E-state index < -0.39 is 0 Å². The summed E-state index contributed by atoms with van der Waals surface area (Å²) in [6.45, 7) is 0. The Morgan fingerprint density at radius 1 is 1.21 bits per heavy atom. The molecule has 0 saturated heterocycles. The summed E-state index contributed by atoms with van der Waals surface area (Å²) in [4.78, 5) is 4.47. The van der Waals surface area contributed by atoms with Gasteiger partial charge in [0.05, 0.1) is 0 Å². The number of hydrogen-bond donors (Lipinski definition) is 1. The van der Waals surface area contributed by atoms with Crippen LogP contribution in [-0.2, 0) is 12.8 Å². The zero-order chi connectivity index (χ0) is 9.38. The highest BCUT2D eigenvalue weighted by Crippen LogP contribution is 2.30. The minimum atomic E-state index is 0.753. The van der Waals surface area contributed by atoms with Gasteiger partial charge in [0.15, 0.2) is 0 Å². The molecule has 0 aromatic carbocycles. The van der Waals surface area contributed by atoms with Crippen LogP contribution < -0.4 is 5.32 Å². The Labute approximate surface area is 84.7 Å². The van der Waals surface area contributed by atoms with Gasteiger partial charge in [0.25, 0.3) is 0 Å². The third-order valence-corrected chi connectivity index (χ3v) is 3.17. The van der Waals surface area contributed by atoms with E-state index in [2.05, 4.69) is 16.4 Å². The lowest BCUT2D eigenvalue weighted by Gasteiger charge is -2.18. The highest BCUT2D eigenvalue weighted by Gasteiger charge is 2.23. The lowest BCUT2D eigenvalue weighted by Crippen LogP contribution is -2.11. The molecule has 0 atom stereocenters. The summed E-state index contributed by atoms with van der Waals surface area (Å²) >= 11 is 0. The van der Waals surface area contributed by atoms with Gasteiger partial charge < -0.3 is 5.32 Å². The van der Waals surface area contributed by atoms with Crippen molar-refractivity contribution in [1.82, 2.24) is 4.98 Å². The van der Waals surface area contributed by atoms with Gasteiger partial charge in [0, 0.05) is 23.6 Å². The first-order chi connectivity index (χ1) is 6.93. The van der Waals surface area contributed by atoms with Crippen molar-refractivity contribution in [2.24, 2.45) is 0 Å². The summed E-state index contributed by atoms with van der Waals surface area (Å²) in [6.07, 6.45) is 9.68. The van der Waals surface area contributed by atoms with E-state index >= 15 is 0 Å². The van der Waals surface area contributed by atoms with Crippen LogP contribution in [-0.4, -0.2) is 11.0 Å². The smallest absolute Gasteiger partial charge is 0.0456 e. The fourth-order valence-electron chi connectivity index (χ4n) is 2.21. The number of anilines is 1. The molecule has 2 aliphatic carbocycles. The molecule has 0 amide bonds. The average molecular weight is 188 g/mol. The number of hydrogen-bond acceptors (Lipinski definition) is 2. The molecule has 0 aliphatic heterocycles. The third kappa shape index (κ3) is 1.49. The van der Waals surface area contributed by atoms with Gasteiger partial charge in [-0.15, -0.1) is 0 Å². The molecule has 1 heterocycles. The minimum absolute atomic E-state index is 0.753. The van der Waals surface area contributed by atoms with Crippen LogP contribution in [0.3, 0.4) is 0 Å². The van der Waals surface area contributed by atoms with Crippen molar-refractivity contribution in [2.75, 3.05) is 5.32 Å². The molecular formula is C12H16N2. The molecule has 2 nitrogen and oxygen atoms in total. The molecule has 3 rings (SSSR count). The number of pyridine rings is 1. The molecule has 1 aromatic rings. The number of aromatic nitrogens is 1. The molecule has 0 bridgehead atoms. The van der Waals surface area contributed by atoms with E-state index in [1.165, 1.54) is 55.5 Å². The second kappa shape index (κ2) is 3.26. The molecule has 1 saturated carbocycles. The molecular weight excluding hydrogens is 172 g/mol. The lowest BCUT2D eigenvalue weighted by atomic mass is 9.95. The van der Waals surface area contributed by atoms with Gasteiger partial charge in [0.2, 0.25) is 0 Å². The molecule has 1 aromatic heterocycles. The van der Waals surface area contributed by atoms with Gasteiger partial charge in [-0.25, -0.2) is 0 Å². The third-order valence-electron chi connectivity index (χ3n) is 3.17. The number of aryl methyl sites for hydroxylation is 1. The molecule has 1 N–H and O–H groups in total. The largest absolute Gasteiger partial charge is 0.382 e. The Morgan fingerprint density at radius 2 is 2.07 bits per heavy atom. The predicted molar refractivity (Wildman–Crippen MR) is 57.5 cm³/mol. The van der Waals surface area contributed by atoms with Crippen molar-refractivity contribution in [2.45, 2.75) is 44.6 Å². The van der Waals surface area contributed by atoms with Crippen molar-refractivity contribution < 1.29 is 0 Å². The average Bonchev–Trinajstić information content (AvgIpc) is 3.03. The van der Waals surface area contributed by atoms with Crippen LogP contribution in [0.25, 0.3) is 0 Å². The van der Waals surface area contributed by atoms with Gasteiger partial charge in [-0.3, -0.25) is 4.98 Å². The van der Waals surface area contributed by atoms with Gasteiger partial charge in [-0.05, 0) is 50.2 Å². The highest BCUT2D eigenvalue weighted by molar-refractivity contribution is 5.54. The Morgan fingerprint density at radius 3 is 2.93 bits per heavy atom. The first-order valence-electron chi connectivity index (χ1n) is 5.67. The van der Waals surface area contributed by atoms with Crippen LogP contribution in [0.1, 0.15) is 36.9 Å². The number of rotatable bonds is 2. The molecule has 14 heavy (non-hydrogen) atoms. The maximum Gasteiger partial charge on any atom is 0.0456 e. The van der Waals surface area contributed by atoms with Gasteiger partial charge in [-0.2, -0.15) is 0 Å². The highest BCUT2D eigenvalue weighted by atomic mass is 15.0. The Balaban J connectivity index is 1.92. The SMILES string of the molecule is c1cc(NC2CC2)c2c(n1)CCCC2. The second-order valence-corrected chi connectivity index (χ2v) is 4.41. The summed E-state index contributed by atoms with van der Waals surface area (Å²) in [5, 5.41) is 3.60. The van der Waals surface area contributed by atoms with Crippen LogP contribution >= 0.6 is 0 Å². The lowest BCUT2D eigenvalue weighted by molar-refractivity contribution is 0.668. The maximum atomic E-state index is 4.47.